The maximum Gasteiger partial charge on any atom is 0.274 e. The Labute approximate surface area is 153 Å². The molecule has 1 aliphatic heterocycles. The van der Waals surface area contributed by atoms with Gasteiger partial charge in [-0.15, -0.1) is 0 Å². The summed E-state index contributed by atoms with van der Waals surface area (Å²) in [6.07, 6.45) is 7.90. The van der Waals surface area contributed by atoms with E-state index in [0.29, 0.717) is 37.4 Å². The molecular formula is C20H24N4O2. The van der Waals surface area contributed by atoms with Crippen molar-refractivity contribution < 1.29 is 9.59 Å². The molecule has 0 atom stereocenters. The van der Waals surface area contributed by atoms with Crippen molar-refractivity contribution in [3.63, 3.8) is 0 Å². The fraction of sp³-hybridized carbons (Fsp3) is 0.400. The van der Waals surface area contributed by atoms with E-state index in [4.69, 9.17) is 0 Å². The normalized spacial score (nSPS) is 14.3. The molecule has 6 heteroatoms. The van der Waals surface area contributed by atoms with Crippen molar-refractivity contribution in [1.82, 2.24) is 19.8 Å². The molecule has 6 nitrogen and oxygen atoms in total. The lowest BCUT2D eigenvalue weighted by Crippen LogP contribution is -2.50. The molecule has 1 aliphatic rings. The minimum absolute atomic E-state index is 0.0265. The molecule has 2 amide bonds. The van der Waals surface area contributed by atoms with E-state index in [0.717, 1.165) is 19.3 Å². The van der Waals surface area contributed by atoms with Crippen molar-refractivity contribution in [2.45, 2.75) is 26.2 Å². The molecule has 136 valence electrons. The van der Waals surface area contributed by atoms with E-state index < -0.39 is 0 Å². The summed E-state index contributed by atoms with van der Waals surface area (Å²) in [4.78, 5) is 36.6. The summed E-state index contributed by atoms with van der Waals surface area (Å²) in [6, 6.07) is 7.89. The van der Waals surface area contributed by atoms with Gasteiger partial charge in [0.15, 0.2) is 0 Å². The van der Waals surface area contributed by atoms with Crippen molar-refractivity contribution in [3.8, 4) is 0 Å². The molecule has 2 aromatic rings. The largest absolute Gasteiger partial charge is 0.335 e. The molecule has 0 radical (unpaired) electrons. The van der Waals surface area contributed by atoms with Crippen LogP contribution in [0.1, 0.15) is 46.2 Å². The minimum Gasteiger partial charge on any atom is -0.335 e. The zero-order chi connectivity index (χ0) is 18.4. The Kier molecular flexibility index (Phi) is 5.94. The van der Waals surface area contributed by atoms with Gasteiger partial charge < -0.3 is 9.80 Å². The van der Waals surface area contributed by atoms with Gasteiger partial charge in [0.2, 0.25) is 0 Å². The van der Waals surface area contributed by atoms with Crippen LogP contribution in [-0.4, -0.2) is 57.8 Å². The van der Waals surface area contributed by atoms with Crippen molar-refractivity contribution in [2.75, 3.05) is 26.2 Å². The van der Waals surface area contributed by atoms with Crippen LogP contribution in [0.3, 0.4) is 0 Å². The van der Waals surface area contributed by atoms with Crippen LogP contribution in [0.25, 0.3) is 0 Å². The van der Waals surface area contributed by atoms with Gasteiger partial charge in [0, 0.05) is 44.1 Å². The highest BCUT2D eigenvalue weighted by atomic mass is 16.2. The third-order valence-electron chi connectivity index (χ3n) is 4.66. The number of hydrogen-bond donors (Lipinski definition) is 0. The van der Waals surface area contributed by atoms with Gasteiger partial charge in [0.1, 0.15) is 5.69 Å². The van der Waals surface area contributed by atoms with Crippen LogP contribution in [0.15, 0.2) is 42.9 Å². The molecular weight excluding hydrogens is 328 g/mol. The van der Waals surface area contributed by atoms with Gasteiger partial charge in [-0.1, -0.05) is 25.5 Å². The molecule has 26 heavy (non-hydrogen) atoms. The average molecular weight is 352 g/mol. The number of piperazine rings is 1. The number of carbonyl (C=O) groups excluding carboxylic acids is 2. The predicted octanol–water partition coefficient (Wildman–Crippen LogP) is 2.42. The number of rotatable bonds is 5. The lowest BCUT2D eigenvalue weighted by molar-refractivity contribution is 0.0532. The Balaban J connectivity index is 1.56. The monoisotopic (exact) mass is 352 g/mol. The fourth-order valence-corrected chi connectivity index (χ4v) is 3.06. The highest BCUT2D eigenvalue weighted by Gasteiger charge is 2.26. The molecule has 0 saturated carbocycles. The summed E-state index contributed by atoms with van der Waals surface area (Å²) in [5.41, 5.74) is 2.32. The number of carbonyl (C=O) groups is 2. The topological polar surface area (TPSA) is 66.4 Å². The number of benzene rings is 1. The van der Waals surface area contributed by atoms with Crippen LogP contribution in [0, 0.1) is 0 Å². The second-order valence-electron chi connectivity index (χ2n) is 6.48. The summed E-state index contributed by atoms with van der Waals surface area (Å²) < 4.78 is 0. The Hall–Kier alpha value is -2.76. The van der Waals surface area contributed by atoms with E-state index in [-0.39, 0.29) is 11.8 Å². The average Bonchev–Trinajstić information content (AvgIpc) is 2.72. The molecule has 1 aromatic carbocycles. The van der Waals surface area contributed by atoms with Crippen LogP contribution in [0.2, 0.25) is 0 Å². The summed E-state index contributed by atoms with van der Waals surface area (Å²) in [5, 5.41) is 0. The predicted molar refractivity (Wildman–Crippen MR) is 98.9 cm³/mol. The van der Waals surface area contributed by atoms with Gasteiger partial charge in [-0.05, 0) is 30.5 Å². The molecule has 0 N–H and O–H groups in total. The summed E-state index contributed by atoms with van der Waals surface area (Å²) in [6.45, 7) is 4.25. The SMILES string of the molecule is CCCCc1ccc(C(=O)N2CCN(C(=O)c3cnccn3)CC2)cc1. The zero-order valence-corrected chi connectivity index (χ0v) is 15.1. The zero-order valence-electron chi connectivity index (χ0n) is 15.1. The summed E-state index contributed by atoms with van der Waals surface area (Å²) in [7, 11) is 0. The second-order valence-corrected chi connectivity index (χ2v) is 6.48. The van der Waals surface area contributed by atoms with E-state index >= 15 is 0 Å². The van der Waals surface area contributed by atoms with Crippen LogP contribution >= 0.6 is 0 Å². The first-order chi connectivity index (χ1) is 12.7. The lowest BCUT2D eigenvalue weighted by atomic mass is 10.1. The van der Waals surface area contributed by atoms with Gasteiger partial charge >= 0.3 is 0 Å². The summed E-state index contributed by atoms with van der Waals surface area (Å²) >= 11 is 0. The van der Waals surface area contributed by atoms with Crippen LogP contribution < -0.4 is 0 Å². The van der Waals surface area contributed by atoms with Gasteiger partial charge in [0.05, 0.1) is 6.20 Å². The lowest BCUT2D eigenvalue weighted by Gasteiger charge is -2.34. The Bertz CT molecular complexity index is 738. The molecule has 0 bridgehead atoms. The maximum absolute atomic E-state index is 12.7. The van der Waals surface area contributed by atoms with Gasteiger partial charge in [-0.3, -0.25) is 14.6 Å². The molecule has 1 aromatic heterocycles. The minimum atomic E-state index is -0.134. The van der Waals surface area contributed by atoms with Crippen molar-refractivity contribution in [3.05, 3.63) is 59.7 Å². The quantitative estimate of drug-likeness (QED) is 0.829. The maximum atomic E-state index is 12.7. The number of unbranched alkanes of at least 4 members (excludes halogenated alkanes) is 1. The Morgan fingerprint density at radius 1 is 0.962 bits per heavy atom. The van der Waals surface area contributed by atoms with Crippen molar-refractivity contribution >= 4 is 11.8 Å². The van der Waals surface area contributed by atoms with Gasteiger partial charge in [-0.2, -0.15) is 0 Å². The number of nitrogens with zero attached hydrogens (tertiary/aromatic N) is 4. The first-order valence-electron chi connectivity index (χ1n) is 9.12. The van der Waals surface area contributed by atoms with Crippen molar-refractivity contribution in [2.24, 2.45) is 0 Å². The number of amides is 2. The third kappa shape index (κ3) is 4.25. The second kappa shape index (κ2) is 8.56. The van der Waals surface area contributed by atoms with E-state index in [1.54, 1.807) is 11.1 Å². The molecule has 1 saturated heterocycles. The number of aromatic nitrogens is 2. The molecule has 1 fully saturated rings. The number of hydrogen-bond acceptors (Lipinski definition) is 4. The Morgan fingerprint density at radius 2 is 1.62 bits per heavy atom. The standard InChI is InChI=1S/C20H24N4O2/c1-2-3-4-16-5-7-17(8-6-16)19(25)23-11-13-24(14-12-23)20(26)18-15-21-9-10-22-18/h5-10,15H,2-4,11-14H2,1H3. The Morgan fingerprint density at radius 3 is 2.19 bits per heavy atom. The highest BCUT2D eigenvalue weighted by molar-refractivity contribution is 5.95. The summed E-state index contributed by atoms with van der Waals surface area (Å²) in [5.74, 6) is -0.107. The third-order valence-corrected chi connectivity index (χ3v) is 4.66. The first kappa shape index (κ1) is 18.0. The molecule has 0 unspecified atom stereocenters. The van der Waals surface area contributed by atoms with Crippen LogP contribution in [-0.2, 0) is 6.42 Å². The fourth-order valence-electron chi connectivity index (χ4n) is 3.06. The van der Waals surface area contributed by atoms with Gasteiger partial charge in [-0.25, -0.2) is 4.98 Å². The van der Waals surface area contributed by atoms with E-state index in [2.05, 4.69) is 16.9 Å². The van der Waals surface area contributed by atoms with E-state index in [9.17, 15) is 9.59 Å². The molecule has 0 aliphatic carbocycles. The molecule has 2 heterocycles. The smallest absolute Gasteiger partial charge is 0.274 e. The van der Waals surface area contributed by atoms with Crippen LogP contribution in [0.4, 0.5) is 0 Å². The first-order valence-corrected chi connectivity index (χ1v) is 9.12. The van der Waals surface area contributed by atoms with Crippen LogP contribution in [0.5, 0.6) is 0 Å². The van der Waals surface area contributed by atoms with Crippen molar-refractivity contribution in [1.29, 1.82) is 0 Å². The number of aryl methyl sites for hydroxylation is 1. The molecule has 0 spiro atoms. The van der Waals surface area contributed by atoms with E-state index in [1.807, 2.05) is 29.2 Å². The van der Waals surface area contributed by atoms with E-state index in [1.165, 1.54) is 18.0 Å². The van der Waals surface area contributed by atoms with Gasteiger partial charge in [0.25, 0.3) is 11.8 Å². The highest BCUT2D eigenvalue weighted by Crippen LogP contribution is 2.13. The molecule has 3 rings (SSSR count).